The minimum atomic E-state index is 0.462. The molecular formula is C56H32N6. The summed E-state index contributed by atoms with van der Waals surface area (Å²) < 4.78 is 9.12. The van der Waals surface area contributed by atoms with Crippen molar-refractivity contribution in [3.63, 3.8) is 0 Å². The lowest BCUT2D eigenvalue weighted by Crippen LogP contribution is -2.06. The average molecular weight is 789 g/mol. The predicted octanol–water partition coefficient (Wildman–Crippen LogP) is 13.8. The molecule has 0 fully saturated rings. The molecule has 13 rings (SSSR count). The van der Waals surface area contributed by atoms with Gasteiger partial charge >= 0.3 is 0 Å². The van der Waals surface area contributed by atoms with Crippen molar-refractivity contribution in [1.82, 2.24) is 18.3 Å². The monoisotopic (exact) mass is 788 g/mol. The summed E-state index contributed by atoms with van der Waals surface area (Å²) in [6.07, 6.45) is 0. The van der Waals surface area contributed by atoms with E-state index >= 15 is 0 Å². The van der Waals surface area contributed by atoms with E-state index in [1.807, 2.05) is 24.3 Å². The number of benzene rings is 9. The highest BCUT2D eigenvalue weighted by Crippen LogP contribution is 2.46. The van der Waals surface area contributed by atoms with Gasteiger partial charge in [0.25, 0.3) is 0 Å². The van der Waals surface area contributed by atoms with E-state index in [-0.39, 0.29) is 0 Å². The van der Waals surface area contributed by atoms with E-state index in [1.165, 1.54) is 0 Å². The largest absolute Gasteiger partial charge is 0.309 e. The van der Waals surface area contributed by atoms with E-state index in [0.29, 0.717) is 22.5 Å². The van der Waals surface area contributed by atoms with E-state index in [0.717, 1.165) is 98.6 Å². The summed E-state index contributed by atoms with van der Waals surface area (Å²) in [7, 11) is 0. The van der Waals surface area contributed by atoms with Crippen LogP contribution in [0.3, 0.4) is 0 Å². The summed E-state index contributed by atoms with van der Waals surface area (Å²) in [4.78, 5) is 0. The summed E-state index contributed by atoms with van der Waals surface area (Å²) >= 11 is 0. The van der Waals surface area contributed by atoms with Crippen molar-refractivity contribution in [2.75, 3.05) is 0 Å². The van der Waals surface area contributed by atoms with Gasteiger partial charge in [-0.2, -0.15) is 10.5 Å². The van der Waals surface area contributed by atoms with E-state index in [4.69, 9.17) is 0 Å². The molecule has 0 radical (unpaired) electrons. The summed E-state index contributed by atoms with van der Waals surface area (Å²) in [5.41, 5.74) is 12.6. The van der Waals surface area contributed by atoms with Gasteiger partial charge in [-0.05, 0) is 72.8 Å². The molecule has 13 aromatic rings. The fourth-order valence-corrected chi connectivity index (χ4v) is 10.4. The number of nitrogens with zero attached hydrogens (tertiary/aromatic N) is 6. The van der Waals surface area contributed by atoms with Crippen molar-refractivity contribution in [1.29, 1.82) is 10.5 Å². The van der Waals surface area contributed by atoms with Gasteiger partial charge in [-0.25, -0.2) is 0 Å². The van der Waals surface area contributed by atoms with Crippen molar-refractivity contribution in [2.24, 2.45) is 0 Å². The highest BCUT2D eigenvalue weighted by Gasteiger charge is 2.27. The number of hydrogen-bond donors (Lipinski definition) is 0. The van der Waals surface area contributed by atoms with Crippen LogP contribution in [0.1, 0.15) is 11.1 Å². The van der Waals surface area contributed by atoms with Crippen molar-refractivity contribution in [3.8, 4) is 34.9 Å². The second-order valence-electron chi connectivity index (χ2n) is 15.9. The standard InChI is InChI=1S/C56H32N6/c57-33-35-31-51(61-45-23-11-7-19-38(45)40-27-29-49-53(55(40)61)42-21-9-13-25-47(42)59(49)36-15-3-1-4-16-36)44(34-58)52(32-35)62-46-24-12-8-20-39(46)41-28-30-50-54(56(41)62)43-22-10-14-26-48(43)60(50)37-17-5-2-6-18-37/h1-32H. The molecule has 0 saturated heterocycles. The Hall–Kier alpha value is -8.84. The van der Waals surface area contributed by atoms with Crippen LogP contribution in [-0.4, -0.2) is 18.3 Å². The Labute approximate surface area is 354 Å². The summed E-state index contributed by atoms with van der Waals surface area (Å²) in [6, 6.07) is 72.7. The first-order chi connectivity index (χ1) is 30.7. The van der Waals surface area contributed by atoms with Crippen LogP contribution in [0, 0.1) is 22.7 Å². The van der Waals surface area contributed by atoms with Crippen molar-refractivity contribution >= 4 is 87.2 Å². The highest BCUT2D eigenvalue weighted by atomic mass is 15.0. The number of aromatic nitrogens is 4. The third-order valence-electron chi connectivity index (χ3n) is 12.8. The molecule has 62 heavy (non-hydrogen) atoms. The minimum absolute atomic E-state index is 0.462. The first-order valence-corrected chi connectivity index (χ1v) is 20.7. The molecule has 0 amide bonds. The molecule has 286 valence electrons. The summed E-state index contributed by atoms with van der Waals surface area (Å²) in [5.74, 6) is 0. The fourth-order valence-electron chi connectivity index (χ4n) is 10.4. The van der Waals surface area contributed by atoms with E-state index in [2.05, 4.69) is 200 Å². The van der Waals surface area contributed by atoms with Crippen molar-refractivity contribution in [2.45, 2.75) is 0 Å². The molecule has 6 nitrogen and oxygen atoms in total. The van der Waals surface area contributed by atoms with E-state index < -0.39 is 0 Å². The summed E-state index contributed by atoms with van der Waals surface area (Å²) in [5, 5.41) is 31.2. The van der Waals surface area contributed by atoms with Crippen LogP contribution in [0.2, 0.25) is 0 Å². The lowest BCUT2D eigenvalue weighted by molar-refractivity contribution is 1.12. The van der Waals surface area contributed by atoms with Gasteiger partial charge in [0.15, 0.2) is 0 Å². The molecule has 0 spiro atoms. The topological polar surface area (TPSA) is 67.3 Å². The van der Waals surface area contributed by atoms with E-state index in [1.54, 1.807) is 0 Å². The zero-order valence-electron chi connectivity index (χ0n) is 33.2. The second kappa shape index (κ2) is 12.8. The van der Waals surface area contributed by atoms with Gasteiger partial charge in [0.05, 0.1) is 67.1 Å². The van der Waals surface area contributed by atoms with Gasteiger partial charge in [-0.1, -0.05) is 121 Å². The second-order valence-corrected chi connectivity index (χ2v) is 15.9. The van der Waals surface area contributed by atoms with Gasteiger partial charge in [0, 0.05) is 54.5 Å². The maximum Gasteiger partial charge on any atom is 0.104 e. The fraction of sp³-hybridized carbons (Fsp3) is 0. The molecule has 0 bridgehead atoms. The van der Waals surface area contributed by atoms with Gasteiger partial charge in [-0.15, -0.1) is 0 Å². The third kappa shape index (κ3) is 4.50. The van der Waals surface area contributed by atoms with Crippen LogP contribution in [-0.2, 0) is 0 Å². The smallest absolute Gasteiger partial charge is 0.104 e. The molecule has 6 heteroatoms. The number of para-hydroxylation sites is 6. The summed E-state index contributed by atoms with van der Waals surface area (Å²) in [6.45, 7) is 0. The van der Waals surface area contributed by atoms with Crippen molar-refractivity contribution < 1.29 is 0 Å². The maximum atomic E-state index is 11.7. The van der Waals surface area contributed by atoms with Crippen LogP contribution >= 0.6 is 0 Å². The van der Waals surface area contributed by atoms with Crippen LogP contribution in [0.15, 0.2) is 194 Å². The van der Waals surface area contributed by atoms with Gasteiger partial charge in [0.1, 0.15) is 11.6 Å². The molecule has 0 aliphatic rings. The number of nitriles is 2. The molecule has 0 aliphatic heterocycles. The zero-order chi connectivity index (χ0) is 41.1. The molecule has 0 saturated carbocycles. The Morgan fingerprint density at radius 1 is 0.306 bits per heavy atom. The number of hydrogen-bond acceptors (Lipinski definition) is 2. The third-order valence-corrected chi connectivity index (χ3v) is 12.8. The quantitative estimate of drug-likeness (QED) is 0.178. The van der Waals surface area contributed by atoms with Crippen molar-refractivity contribution in [3.05, 3.63) is 205 Å². The Kier molecular flexibility index (Phi) is 7.05. The molecule has 0 aliphatic carbocycles. The van der Waals surface area contributed by atoms with Crippen LogP contribution < -0.4 is 0 Å². The first-order valence-electron chi connectivity index (χ1n) is 20.7. The lowest BCUT2D eigenvalue weighted by Gasteiger charge is -2.17. The molecular weight excluding hydrogens is 757 g/mol. The Morgan fingerprint density at radius 2 is 0.677 bits per heavy atom. The average Bonchev–Trinajstić information content (AvgIpc) is 4.06. The molecule has 0 unspecified atom stereocenters. The van der Waals surface area contributed by atoms with Gasteiger partial charge in [-0.3, -0.25) is 0 Å². The minimum Gasteiger partial charge on any atom is -0.309 e. The zero-order valence-corrected chi connectivity index (χ0v) is 33.2. The van der Waals surface area contributed by atoms with Crippen LogP contribution in [0.25, 0.3) is 110 Å². The lowest BCUT2D eigenvalue weighted by atomic mass is 10.0. The SMILES string of the molecule is N#Cc1cc(-n2c3ccccc3c3ccc4c(c5ccccc5n4-c4ccccc4)c32)c(C#N)c(-n2c3ccccc3c3ccc4c(c5ccccc5n4-c4ccccc4)c32)c1. The Bertz CT molecular complexity index is 3860. The first kappa shape index (κ1) is 34.1. The van der Waals surface area contributed by atoms with Gasteiger partial charge in [0.2, 0.25) is 0 Å². The van der Waals surface area contributed by atoms with E-state index in [9.17, 15) is 10.5 Å². The number of fused-ring (bicyclic) bond motifs is 14. The highest BCUT2D eigenvalue weighted by molar-refractivity contribution is 6.28. The van der Waals surface area contributed by atoms with Gasteiger partial charge < -0.3 is 18.3 Å². The Balaban J connectivity index is 1.21. The Morgan fingerprint density at radius 3 is 1.08 bits per heavy atom. The molecule has 0 N–H and O–H groups in total. The molecule has 4 heterocycles. The molecule has 0 atom stereocenters. The number of rotatable bonds is 4. The normalized spacial score (nSPS) is 11.8. The molecule has 9 aromatic carbocycles. The predicted molar refractivity (Wildman–Crippen MR) is 253 cm³/mol. The maximum absolute atomic E-state index is 11.7. The van der Waals surface area contributed by atoms with Crippen LogP contribution in [0.5, 0.6) is 0 Å². The molecule has 4 aromatic heterocycles. The van der Waals surface area contributed by atoms with Crippen LogP contribution in [0.4, 0.5) is 0 Å².